The van der Waals surface area contributed by atoms with Gasteiger partial charge < -0.3 is 24.7 Å². The van der Waals surface area contributed by atoms with Crippen LogP contribution < -0.4 is 20.1 Å². The fraction of sp³-hybridized carbons (Fsp3) is 0.304. The van der Waals surface area contributed by atoms with Gasteiger partial charge in [-0.1, -0.05) is 30.3 Å². The Morgan fingerprint density at radius 1 is 1.07 bits per heavy atom. The maximum atomic E-state index is 5.45. The smallest absolute Gasteiger partial charge is 0.231 e. The lowest BCUT2D eigenvalue weighted by Crippen LogP contribution is -2.38. The first-order valence-electron chi connectivity index (χ1n) is 10.2. The normalized spacial score (nSPS) is 12.8. The molecule has 1 aliphatic rings. The summed E-state index contributed by atoms with van der Waals surface area (Å²) in [5.74, 6) is 2.46. The molecule has 2 heterocycles. The maximum Gasteiger partial charge on any atom is 0.231 e. The maximum absolute atomic E-state index is 5.45. The van der Waals surface area contributed by atoms with Crippen LogP contribution in [0.3, 0.4) is 0 Å². The highest BCUT2D eigenvalue weighted by Crippen LogP contribution is 2.32. The molecule has 0 radical (unpaired) electrons. The summed E-state index contributed by atoms with van der Waals surface area (Å²) in [5.41, 5.74) is 3.62. The van der Waals surface area contributed by atoms with Gasteiger partial charge in [-0.05, 0) is 42.2 Å². The van der Waals surface area contributed by atoms with Crippen molar-refractivity contribution in [3.05, 3.63) is 77.9 Å². The molecular weight excluding hydrogens is 378 g/mol. The topological polar surface area (TPSA) is 72.7 Å². The lowest BCUT2D eigenvalue weighted by Gasteiger charge is -2.12. The third-order valence-electron chi connectivity index (χ3n) is 4.82. The van der Waals surface area contributed by atoms with Gasteiger partial charge in [-0.3, -0.25) is 0 Å². The van der Waals surface area contributed by atoms with E-state index in [-0.39, 0.29) is 0 Å². The Hall–Kier alpha value is -3.48. The van der Waals surface area contributed by atoms with E-state index in [0.717, 1.165) is 43.5 Å². The number of rotatable bonds is 8. The van der Waals surface area contributed by atoms with Crippen LogP contribution in [0.25, 0.3) is 0 Å². The van der Waals surface area contributed by atoms with E-state index >= 15 is 0 Å². The van der Waals surface area contributed by atoms with Crippen LogP contribution in [0.1, 0.15) is 23.6 Å². The predicted molar refractivity (Wildman–Crippen MR) is 117 cm³/mol. The molecule has 0 aliphatic carbocycles. The number of imidazole rings is 1. The van der Waals surface area contributed by atoms with Crippen LogP contribution in [0.2, 0.25) is 0 Å². The van der Waals surface area contributed by atoms with E-state index in [0.29, 0.717) is 13.3 Å². The van der Waals surface area contributed by atoms with Crippen molar-refractivity contribution in [1.29, 1.82) is 0 Å². The summed E-state index contributed by atoms with van der Waals surface area (Å²) >= 11 is 0. The molecule has 7 heteroatoms. The first-order chi connectivity index (χ1) is 14.8. The van der Waals surface area contributed by atoms with Gasteiger partial charge in [-0.25, -0.2) is 9.98 Å². The van der Waals surface area contributed by atoms with E-state index in [1.807, 2.05) is 24.7 Å². The minimum atomic E-state index is 0.303. The van der Waals surface area contributed by atoms with Crippen LogP contribution in [-0.2, 0) is 19.5 Å². The number of ether oxygens (including phenoxy) is 2. The predicted octanol–water partition coefficient (Wildman–Crippen LogP) is 2.96. The number of nitrogens with zero attached hydrogens (tertiary/aromatic N) is 3. The molecule has 0 atom stereocenters. The van der Waals surface area contributed by atoms with Gasteiger partial charge in [0.1, 0.15) is 0 Å². The Bertz CT molecular complexity index is 985. The Morgan fingerprint density at radius 3 is 2.83 bits per heavy atom. The summed E-state index contributed by atoms with van der Waals surface area (Å²) in [4.78, 5) is 8.84. The number of hydrogen-bond acceptors (Lipinski definition) is 4. The van der Waals surface area contributed by atoms with E-state index in [1.54, 1.807) is 6.20 Å². The number of fused-ring (bicyclic) bond motifs is 1. The number of aliphatic imine (C=N–C) groups is 1. The van der Waals surface area contributed by atoms with Gasteiger partial charge in [0.05, 0.1) is 12.9 Å². The quantitative estimate of drug-likeness (QED) is 0.445. The second kappa shape index (κ2) is 9.82. The van der Waals surface area contributed by atoms with E-state index < -0.39 is 0 Å². The lowest BCUT2D eigenvalue weighted by molar-refractivity contribution is 0.174. The number of hydrogen-bond donors (Lipinski definition) is 2. The van der Waals surface area contributed by atoms with Crippen molar-refractivity contribution in [2.45, 2.75) is 26.4 Å². The molecule has 30 heavy (non-hydrogen) atoms. The number of guanidine groups is 1. The first-order valence-corrected chi connectivity index (χ1v) is 10.2. The fourth-order valence-corrected chi connectivity index (χ4v) is 3.35. The Morgan fingerprint density at radius 2 is 1.97 bits per heavy atom. The van der Waals surface area contributed by atoms with Crippen LogP contribution in [0.5, 0.6) is 11.5 Å². The number of nitrogens with one attached hydrogen (secondary N) is 2. The van der Waals surface area contributed by atoms with Crippen LogP contribution in [0.15, 0.2) is 66.2 Å². The van der Waals surface area contributed by atoms with Crippen molar-refractivity contribution < 1.29 is 9.47 Å². The molecule has 0 amide bonds. The zero-order chi connectivity index (χ0) is 20.6. The second-order valence-corrected chi connectivity index (χ2v) is 7.11. The standard InChI is InChI=1S/C23H27N5O2/c1-2-25-23(26-9-8-18-6-7-21-22(13-18)30-17-29-21)27-14-19-4-3-5-20(12-19)15-28-11-10-24-16-28/h3-7,10-13,16H,2,8-9,14-15,17H2,1H3,(H2,25,26,27). The van der Waals surface area contributed by atoms with Crippen molar-refractivity contribution >= 4 is 5.96 Å². The molecular formula is C23H27N5O2. The van der Waals surface area contributed by atoms with Gasteiger partial charge in [-0.2, -0.15) is 0 Å². The number of aromatic nitrogens is 2. The molecule has 0 fully saturated rings. The molecule has 4 rings (SSSR count). The van der Waals surface area contributed by atoms with Gasteiger partial charge in [0.2, 0.25) is 6.79 Å². The molecule has 1 aromatic heterocycles. The van der Waals surface area contributed by atoms with Gasteiger partial charge in [0.15, 0.2) is 17.5 Å². The second-order valence-electron chi connectivity index (χ2n) is 7.11. The summed E-state index contributed by atoms with van der Waals surface area (Å²) in [5, 5.41) is 6.73. The van der Waals surface area contributed by atoms with Crippen LogP contribution in [-0.4, -0.2) is 35.4 Å². The van der Waals surface area contributed by atoms with Crippen molar-refractivity contribution in [1.82, 2.24) is 20.2 Å². The molecule has 0 spiro atoms. The van der Waals surface area contributed by atoms with Gasteiger partial charge in [0.25, 0.3) is 0 Å². The highest BCUT2D eigenvalue weighted by Gasteiger charge is 2.12. The molecule has 0 saturated carbocycles. The monoisotopic (exact) mass is 405 g/mol. The molecule has 2 aromatic carbocycles. The Balaban J connectivity index is 1.32. The fourth-order valence-electron chi connectivity index (χ4n) is 3.35. The molecule has 0 saturated heterocycles. The van der Waals surface area contributed by atoms with Crippen LogP contribution in [0, 0.1) is 0 Å². The molecule has 3 aromatic rings. The highest BCUT2D eigenvalue weighted by atomic mass is 16.7. The zero-order valence-electron chi connectivity index (χ0n) is 17.2. The van der Waals surface area contributed by atoms with Crippen molar-refractivity contribution in [2.24, 2.45) is 4.99 Å². The molecule has 2 N–H and O–H groups in total. The minimum absolute atomic E-state index is 0.303. The van der Waals surface area contributed by atoms with Gasteiger partial charge in [0, 0.05) is 32.0 Å². The summed E-state index contributed by atoms with van der Waals surface area (Å²) in [6, 6.07) is 14.6. The van der Waals surface area contributed by atoms with E-state index in [1.165, 1.54) is 16.7 Å². The highest BCUT2D eigenvalue weighted by molar-refractivity contribution is 5.79. The molecule has 0 unspecified atom stereocenters. The van der Waals surface area contributed by atoms with Gasteiger partial charge in [-0.15, -0.1) is 0 Å². The summed E-state index contributed by atoms with van der Waals surface area (Å²) < 4.78 is 12.9. The van der Waals surface area contributed by atoms with Gasteiger partial charge >= 0.3 is 0 Å². The zero-order valence-corrected chi connectivity index (χ0v) is 17.2. The first kappa shape index (κ1) is 19.8. The third-order valence-corrected chi connectivity index (χ3v) is 4.82. The van der Waals surface area contributed by atoms with Crippen LogP contribution in [0.4, 0.5) is 0 Å². The minimum Gasteiger partial charge on any atom is -0.454 e. The molecule has 156 valence electrons. The summed E-state index contributed by atoms with van der Waals surface area (Å²) in [6.07, 6.45) is 6.48. The van der Waals surface area contributed by atoms with E-state index in [9.17, 15) is 0 Å². The SMILES string of the molecule is CCNC(=NCc1cccc(Cn2ccnc2)c1)NCCc1ccc2c(c1)OCO2. The molecule has 7 nitrogen and oxygen atoms in total. The van der Waals surface area contributed by atoms with Crippen molar-refractivity contribution in [2.75, 3.05) is 19.9 Å². The Kier molecular flexibility index (Phi) is 6.49. The largest absolute Gasteiger partial charge is 0.454 e. The molecule has 1 aliphatic heterocycles. The average molecular weight is 406 g/mol. The van der Waals surface area contributed by atoms with Crippen molar-refractivity contribution in [3.63, 3.8) is 0 Å². The Labute approximate surface area is 176 Å². The van der Waals surface area contributed by atoms with Crippen molar-refractivity contribution in [3.8, 4) is 11.5 Å². The number of benzene rings is 2. The average Bonchev–Trinajstić information content (AvgIpc) is 3.44. The lowest BCUT2D eigenvalue weighted by atomic mass is 10.1. The third kappa shape index (κ3) is 5.31. The van der Waals surface area contributed by atoms with Crippen LogP contribution >= 0.6 is 0 Å². The molecule has 0 bridgehead atoms. The van der Waals surface area contributed by atoms with E-state index in [2.05, 4.69) is 57.4 Å². The summed E-state index contributed by atoms with van der Waals surface area (Å²) in [6.45, 7) is 5.41. The van der Waals surface area contributed by atoms with E-state index in [4.69, 9.17) is 14.5 Å². The summed E-state index contributed by atoms with van der Waals surface area (Å²) in [7, 11) is 0.